The molecule has 0 saturated carbocycles. The van der Waals surface area contributed by atoms with Crippen molar-refractivity contribution >= 4 is 21.6 Å². The van der Waals surface area contributed by atoms with Crippen molar-refractivity contribution in [2.24, 2.45) is 0 Å². The number of nitrogens with one attached hydrogen (secondary N) is 1. The Kier molecular flexibility index (Phi) is 5.97. The van der Waals surface area contributed by atoms with Gasteiger partial charge < -0.3 is 10.1 Å². The zero-order chi connectivity index (χ0) is 18.4. The molecule has 25 heavy (non-hydrogen) atoms. The highest BCUT2D eigenvalue weighted by Gasteiger charge is 2.23. The van der Waals surface area contributed by atoms with Crippen molar-refractivity contribution in [3.05, 3.63) is 59.9 Å². The first kappa shape index (κ1) is 18.7. The van der Waals surface area contributed by atoms with Gasteiger partial charge in [0, 0.05) is 6.54 Å². The van der Waals surface area contributed by atoms with E-state index >= 15 is 0 Å². The molecule has 0 aliphatic rings. The minimum atomic E-state index is -3.81. The second kappa shape index (κ2) is 7.98. The van der Waals surface area contributed by atoms with Crippen molar-refractivity contribution in [1.29, 1.82) is 0 Å². The van der Waals surface area contributed by atoms with Crippen LogP contribution in [0.5, 0.6) is 5.75 Å². The van der Waals surface area contributed by atoms with Gasteiger partial charge in [0.2, 0.25) is 15.9 Å². The van der Waals surface area contributed by atoms with E-state index in [0.29, 0.717) is 5.75 Å². The minimum absolute atomic E-state index is 0.162. The van der Waals surface area contributed by atoms with E-state index in [1.165, 1.54) is 18.2 Å². The number of carbonyl (C=O) groups excluding carboxylic acids is 1. The molecule has 0 aliphatic heterocycles. The molecule has 8 heteroatoms. The first-order valence-electron chi connectivity index (χ1n) is 7.43. The summed E-state index contributed by atoms with van der Waals surface area (Å²) >= 11 is 0. The molecule has 0 fully saturated rings. The van der Waals surface area contributed by atoms with E-state index in [2.05, 4.69) is 5.32 Å². The zero-order valence-electron chi connectivity index (χ0n) is 13.9. The molecular formula is C17H19FN2O4S. The molecule has 0 radical (unpaired) electrons. The Bertz CT molecular complexity index is 838. The third kappa shape index (κ3) is 5.18. The van der Waals surface area contributed by atoms with Gasteiger partial charge >= 0.3 is 0 Å². The summed E-state index contributed by atoms with van der Waals surface area (Å²) in [6.07, 6.45) is 0.927. The van der Waals surface area contributed by atoms with Crippen LogP contribution >= 0.6 is 0 Å². The summed E-state index contributed by atoms with van der Waals surface area (Å²) in [6.45, 7) is -0.284. The second-order valence-corrected chi connectivity index (χ2v) is 7.25. The van der Waals surface area contributed by atoms with Gasteiger partial charge in [-0.05, 0) is 29.8 Å². The molecule has 0 atom stereocenters. The normalized spacial score (nSPS) is 11.0. The first-order chi connectivity index (χ1) is 11.8. The highest BCUT2D eigenvalue weighted by atomic mass is 32.2. The van der Waals surface area contributed by atoms with Gasteiger partial charge in [0.05, 0.1) is 19.1 Å². The van der Waals surface area contributed by atoms with Gasteiger partial charge in [-0.1, -0.05) is 24.3 Å². The maximum Gasteiger partial charge on any atom is 0.241 e. The summed E-state index contributed by atoms with van der Waals surface area (Å²) in [7, 11) is -2.26. The van der Waals surface area contributed by atoms with Crippen molar-refractivity contribution in [1.82, 2.24) is 5.32 Å². The number of halogens is 1. The number of methoxy groups -OCH3 is 1. The molecular weight excluding hydrogens is 347 g/mol. The molecule has 0 spiro atoms. The maximum atomic E-state index is 13.9. The lowest BCUT2D eigenvalue weighted by Crippen LogP contribution is -2.40. The van der Waals surface area contributed by atoms with Crippen LogP contribution in [0.1, 0.15) is 5.56 Å². The van der Waals surface area contributed by atoms with E-state index in [9.17, 15) is 17.6 Å². The number of hydrogen-bond acceptors (Lipinski definition) is 4. The van der Waals surface area contributed by atoms with Crippen LogP contribution in [0.25, 0.3) is 0 Å². The SMILES string of the molecule is COc1ccc(CNC(=O)CN(c2ccccc2F)S(C)(=O)=O)cc1. The van der Waals surface area contributed by atoms with Gasteiger partial charge in [-0.2, -0.15) is 0 Å². The summed E-state index contributed by atoms with van der Waals surface area (Å²) in [4.78, 5) is 12.1. The lowest BCUT2D eigenvalue weighted by molar-refractivity contribution is -0.119. The summed E-state index contributed by atoms with van der Waals surface area (Å²) in [5.41, 5.74) is 0.663. The minimum Gasteiger partial charge on any atom is -0.497 e. The lowest BCUT2D eigenvalue weighted by Gasteiger charge is -2.22. The van der Waals surface area contributed by atoms with E-state index in [0.717, 1.165) is 22.2 Å². The molecule has 0 unspecified atom stereocenters. The van der Waals surface area contributed by atoms with E-state index in [-0.39, 0.29) is 12.2 Å². The van der Waals surface area contributed by atoms with Gasteiger partial charge in [0.15, 0.2) is 0 Å². The van der Waals surface area contributed by atoms with E-state index in [1.807, 2.05) is 0 Å². The van der Waals surface area contributed by atoms with Gasteiger partial charge in [0.25, 0.3) is 0 Å². The molecule has 0 bridgehead atoms. The third-order valence-electron chi connectivity index (χ3n) is 3.46. The van der Waals surface area contributed by atoms with E-state index in [4.69, 9.17) is 4.74 Å². The van der Waals surface area contributed by atoms with Crippen molar-refractivity contribution in [3.8, 4) is 5.75 Å². The summed E-state index contributed by atoms with van der Waals surface area (Å²) in [5, 5.41) is 2.62. The Balaban J connectivity index is 2.06. The van der Waals surface area contributed by atoms with Gasteiger partial charge in [-0.3, -0.25) is 9.10 Å². The number of sulfonamides is 1. The number of amides is 1. The van der Waals surface area contributed by atoms with Gasteiger partial charge in [-0.25, -0.2) is 12.8 Å². The number of benzene rings is 2. The van der Waals surface area contributed by atoms with Crippen LogP contribution in [0.3, 0.4) is 0 Å². The predicted molar refractivity (Wildman–Crippen MR) is 93.4 cm³/mol. The van der Waals surface area contributed by atoms with Crippen LogP contribution in [0.15, 0.2) is 48.5 Å². The highest BCUT2D eigenvalue weighted by Crippen LogP contribution is 2.21. The average molecular weight is 366 g/mol. The molecule has 6 nitrogen and oxygen atoms in total. The molecule has 2 aromatic carbocycles. The summed E-state index contributed by atoms with van der Waals surface area (Å²) in [6, 6.07) is 12.5. The number of para-hydroxylation sites is 1. The number of ether oxygens (including phenoxy) is 1. The Labute approximate surface area is 146 Å². The zero-order valence-corrected chi connectivity index (χ0v) is 14.7. The van der Waals surface area contributed by atoms with E-state index in [1.54, 1.807) is 31.4 Å². The quantitative estimate of drug-likeness (QED) is 0.812. The molecule has 134 valence electrons. The fraction of sp³-hybridized carbons (Fsp3) is 0.235. The molecule has 2 rings (SSSR count). The number of nitrogens with zero attached hydrogens (tertiary/aromatic N) is 1. The van der Waals surface area contributed by atoms with Crippen LogP contribution in [-0.4, -0.2) is 34.2 Å². The van der Waals surface area contributed by atoms with Crippen molar-refractivity contribution in [2.75, 3.05) is 24.2 Å². The van der Waals surface area contributed by atoms with Crippen LogP contribution in [0.2, 0.25) is 0 Å². The lowest BCUT2D eigenvalue weighted by atomic mass is 10.2. The molecule has 0 saturated heterocycles. The number of rotatable bonds is 7. The second-order valence-electron chi connectivity index (χ2n) is 5.35. The Morgan fingerprint density at radius 2 is 1.80 bits per heavy atom. The molecule has 0 heterocycles. The molecule has 2 aromatic rings. The number of hydrogen-bond donors (Lipinski definition) is 1. The average Bonchev–Trinajstić information content (AvgIpc) is 2.58. The highest BCUT2D eigenvalue weighted by molar-refractivity contribution is 7.92. The van der Waals surface area contributed by atoms with Gasteiger partial charge in [0.1, 0.15) is 18.1 Å². The standard InChI is InChI=1S/C17H19FN2O4S/c1-24-14-9-7-13(8-10-14)11-19-17(21)12-20(25(2,22)23)16-6-4-3-5-15(16)18/h3-10H,11-12H2,1-2H3,(H,19,21). The fourth-order valence-corrected chi connectivity index (χ4v) is 3.02. The van der Waals surface area contributed by atoms with E-state index < -0.39 is 28.3 Å². The monoisotopic (exact) mass is 366 g/mol. The molecule has 1 N–H and O–H groups in total. The maximum absolute atomic E-state index is 13.9. The molecule has 0 aromatic heterocycles. The fourth-order valence-electron chi connectivity index (χ4n) is 2.17. The van der Waals surface area contributed by atoms with Crippen molar-refractivity contribution < 1.29 is 22.3 Å². The van der Waals surface area contributed by atoms with Crippen molar-refractivity contribution in [3.63, 3.8) is 0 Å². The van der Waals surface area contributed by atoms with Crippen LogP contribution in [-0.2, 0) is 21.4 Å². The Hall–Kier alpha value is -2.61. The van der Waals surface area contributed by atoms with Gasteiger partial charge in [-0.15, -0.1) is 0 Å². The third-order valence-corrected chi connectivity index (χ3v) is 4.58. The molecule has 1 amide bonds. The van der Waals surface area contributed by atoms with Crippen LogP contribution in [0, 0.1) is 5.82 Å². The Morgan fingerprint density at radius 3 is 2.36 bits per heavy atom. The Morgan fingerprint density at radius 1 is 1.16 bits per heavy atom. The summed E-state index contributed by atoms with van der Waals surface area (Å²) in [5.74, 6) is -0.557. The molecule has 0 aliphatic carbocycles. The summed E-state index contributed by atoms with van der Waals surface area (Å²) < 4.78 is 43.5. The van der Waals surface area contributed by atoms with Crippen LogP contribution < -0.4 is 14.4 Å². The number of anilines is 1. The van der Waals surface area contributed by atoms with Crippen LogP contribution in [0.4, 0.5) is 10.1 Å². The smallest absolute Gasteiger partial charge is 0.241 e. The predicted octanol–water partition coefficient (Wildman–Crippen LogP) is 1.92. The topological polar surface area (TPSA) is 75.7 Å². The van der Waals surface area contributed by atoms with Crippen molar-refractivity contribution in [2.45, 2.75) is 6.54 Å². The largest absolute Gasteiger partial charge is 0.497 e. The number of carbonyl (C=O) groups is 1. The first-order valence-corrected chi connectivity index (χ1v) is 9.28.